The van der Waals surface area contributed by atoms with Crippen molar-refractivity contribution in [3.8, 4) is 11.6 Å². The average Bonchev–Trinajstić information content (AvgIpc) is 3.44. The van der Waals surface area contributed by atoms with Crippen molar-refractivity contribution in [1.29, 1.82) is 0 Å². The van der Waals surface area contributed by atoms with Gasteiger partial charge in [-0.25, -0.2) is 4.98 Å². The van der Waals surface area contributed by atoms with Gasteiger partial charge in [0.2, 0.25) is 5.91 Å². The first-order chi connectivity index (χ1) is 14.1. The van der Waals surface area contributed by atoms with Crippen molar-refractivity contribution >= 4 is 5.91 Å². The monoisotopic (exact) mass is 398 g/mol. The highest BCUT2D eigenvalue weighted by Crippen LogP contribution is 2.21. The van der Waals surface area contributed by atoms with Gasteiger partial charge in [0.1, 0.15) is 24.4 Å². The fourth-order valence-corrected chi connectivity index (χ4v) is 3.17. The summed E-state index contributed by atoms with van der Waals surface area (Å²) >= 11 is 0. The van der Waals surface area contributed by atoms with E-state index in [1.807, 2.05) is 0 Å². The molecule has 1 amide bonds. The van der Waals surface area contributed by atoms with Gasteiger partial charge in [-0.3, -0.25) is 4.79 Å². The first kappa shape index (κ1) is 18.9. The van der Waals surface area contributed by atoms with Gasteiger partial charge in [-0.2, -0.15) is 19.7 Å². The molecule has 3 aromatic heterocycles. The van der Waals surface area contributed by atoms with Crippen LogP contribution in [0.2, 0.25) is 0 Å². The Morgan fingerprint density at radius 1 is 1.31 bits per heavy atom. The summed E-state index contributed by atoms with van der Waals surface area (Å²) in [4.78, 5) is 19.8. The summed E-state index contributed by atoms with van der Waals surface area (Å²) in [6.07, 6.45) is 6.37. The standard InChI is InChI=1S/C17H22N10O2/c1-12(18)17(28)25-6-4-14(5-7-25)27-21-8-13(22-27)10-29-15-2-3-16(19-9-15)26-11-20-23-24-26/h2-3,8-9,11-12,14H,4-7,10,18H2,1H3/t12-/m0/s1. The number of nitrogens with two attached hydrogens (primary N) is 1. The van der Waals surface area contributed by atoms with E-state index >= 15 is 0 Å². The Hall–Kier alpha value is -3.41. The number of hydrogen-bond donors (Lipinski definition) is 1. The van der Waals surface area contributed by atoms with E-state index < -0.39 is 6.04 Å². The number of piperidine rings is 1. The third kappa shape index (κ3) is 4.37. The van der Waals surface area contributed by atoms with Crippen LogP contribution in [0.4, 0.5) is 0 Å². The molecule has 0 spiro atoms. The van der Waals surface area contributed by atoms with Crippen LogP contribution in [0, 0.1) is 0 Å². The molecule has 1 aliphatic heterocycles. The Bertz CT molecular complexity index is 930. The minimum atomic E-state index is -0.463. The number of hydrogen-bond acceptors (Lipinski definition) is 9. The lowest BCUT2D eigenvalue weighted by Gasteiger charge is -2.32. The Balaban J connectivity index is 1.29. The number of likely N-dealkylation sites (tertiary alicyclic amines) is 1. The van der Waals surface area contributed by atoms with E-state index in [0.717, 1.165) is 18.5 Å². The van der Waals surface area contributed by atoms with Crippen molar-refractivity contribution < 1.29 is 9.53 Å². The van der Waals surface area contributed by atoms with Crippen LogP contribution >= 0.6 is 0 Å². The number of nitrogens with zero attached hydrogens (tertiary/aromatic N) is 9. The number of carbonyl (C=O) groups excluding carboxylic acids is 1. The second kappa shape index (κ2) is 8.31. The minimum Gasteiger partial charge on any atom is -0.486 e. The molecule has 0 aromatic carbocycles. The molecule has 3 aromatic rings. The SMILES string of the molecule is C[C@H](N)C(=O)N1CCC(n2ncc(COc3ccc(-n4cnnn4)nc3)n2)CC1. The fraction of sp³-hybridized carbons (Fsp3) is 0.471. The van der Waals surface area contributed by atoms with Gasteiger partial charge in [0.25, 0.3) is 0 Å². The van der Waals surface area contributed by atoms with Crippen molar-refractivity contribution in [2.24, 2.45) is 5.73 Å². The average molecular weight is 398 g/mol. The molecule has 0 saturated carbocycles. The topological polar surface area (TPSA) is 143 Å². The summed E-state index contributed by atoms with van der Waals surface area (Å²) in [7, 11) is 0. The molecule has 1 aliphatic rings. The summed E-state index contributed by atoms with van der Waals surface area (Å²) in [5, 5.41) is 19.8. The molecule has 29 heavy (non-hydrogen) atoms. The molecule has 12 nitrogen and oxygen atoms in total. The van der Waals surface area contributed by atoms with Gasteiger partial charge >= 0.3 is 0 Å². The van der Waals surface area contributed by atoms with Crippen LogP contribution in [-0.2, 0) is 11.4 Å². The number of ether oxygens (including phenoxy) is 1. The van der Waals surface area contributed by atoms with Gasteiger partial charge < -0.3 is 15.4 Å². The molecule has 2 N–H and O–H groups in total. The van der Waals surface area contributed by atoms with Gasteiger partial charge in [-0.1, -0.05) is 0 Å². The van der Waals surface area contributed by atoms with Crippen LogP contribution in [0.15, 0.2) is 30.9 Å². The lowest BCUT2D eigenvalue weighted by atomic mass is 10.1. The maximum absolute atomic E-state index is 12.0. The molecule has 1 fully saturated rings. The van der Waals surface area contributed by atoms with Crippen LogP contribution in [0.25, 0.3) is 5.82 Å². The van der Waals surface area contributed by atoms with Crippen LogP contribution < -0.4 is 10.5 Å². The summed E-state index contributed by atoms with van der Waals surface area (Å²) < 4.78 is 7.19. The number of aromatic nitrogens is 8. The maximum atomic E-state index is 12.0. The predicted octanol–water partition coefficient (Wildman–Crippen LogP) is -0.261. The number of rotatable bonds is 6. The molecule has 0 radical (unpaired) electrons. The molecule has 0 bridgehead atoms. The highest BCUT2D eigenvalue weighted by Gasteiger charge is 2.26. The van der Waals surface area contributed by atoms with Crippen LogP contribution in [0.5, 0.6) is 5.75 Å². The summed E-state index contributed by atoms with van der Waals surface area (Å²) in [5.41, 5.74) is 6.41. The van der Waals surface area contributed by atoms with Crippen molar-refractivity contribution in [3.63, 3.8) is 0 Å². The highest BCUT2D eigenvalue weighted by molar-refractivity contribution is 5.81. The largest absolute Gasteiger partial charge is 0.486 e. The molecular weight excluding hydrogens is 376 g/mol. The smallest absolute Gasteiger partial charge is 0.239 e. The van der Waals surface area contributed by atoms with Crippen LogP contribution in [-0.4, -0.2) is 70.1 Å². The lowest BCUT2D eigenvalue weighted by molar-refractivity contribution is -0.133. The normalized spacial score (nSPS) is 16.0. The summed E-state index contributed by atoms with van der Waals surface area (Å²) in [6, 6.07) is 3.26. The number of tetrazole rings is 1. The summed E-state index contributed by atoms with van der Waals surface area (Å²) in [5.74, 6) is 1.20. The van der Waals surface area contributed by atoms with Crippen molar-refractivity contribution in [2.75, 3.05) is 13.1 Å². The van der Waals surface area contributed by atoms with E-state index in [-0.39, 0.29) is 18.6 Å². The van der Waals surface area contributed by atoms with Gasteiger partial charge in [-0.15, -0.1) is 5.10 Å². The molecule has 4 rings (SSSR count). The Morgan fingerprint density at radius 3 is 2.79 bits per heavy atom. The van der Waals surface area contributed by atoms with E-state index in [9.17, 15) is 4.79 Å². The Kier molecular flexibility index (Phi) is 5.42. The van der Waals surface area contributed by atoms with E-state index in [1.54, 1.807) is 41.1 Å². The third-order valence-corrected chi connectivity index (χ3v) is 4.74. The molecule has 4 heterocycles. The predicted molar refractivity (Wildman–Crippen MR) is 99.8 cm³/mol. The zero-order valence-electron chi connectivity index (χ0n) is 16.0. The molecule has 0 aliphatic carbocycles. The molecule has 1 atom stereocenters. The quantitative estimate of drug-likeness (QED) is 0.594. The molecule has 0 unspecified atom stereocenters. The van der Waals surface area contributed by atoms with Gasteiger partial charge in [0.05, 0.1) is 24.5 Å². The number of carbonyl (C=O) groups is 1. The van der Waals surface area contributed by atoms with Crippen molar-refractivity contribution in [3.05, 3.63) is 36.5 Å². The van der Waals surface area contributed by atoms with E-state index in [0.29, 0.717) is 24.7 Å². The molecule has 152 valence electrons. The van der Waals surface area contributed by atoms with Gasteiger partial charge in [0, 0.05) is 13.1 Å². The van der Waals surface area contributed by atoms with E-state index in [1.165, 1.54) is 11.0 Å². The molecule has 12 heteroatoms. The van der Waals surface area contributed by atoms with Gasteiger partial charge in [0.15, 0.2) is 5.82 Å². The third-order valence-electron chi connectivity index (χ3n) is 4.74. The molecule has 1 saturated heterocycles. The maximum Gasteiger partial charge on any atom is 0.239 e. The zero-order valence-corrected chi connectivity index (χ0v) is 16.0. The van der Waals surface area contributed by atoms with Crippen LogP contribution in [0.1, 0.15) is 31.5 Å². The number of amides is 1. The second-order valence-corrected chi connectivity index (χ2v) is 6.90. The first-order valence-corrected chi connectivity index (χ1v) is 9.37. The van der Waals surface area contributed by atoms with Crippen molar-refractivity contribution in [2.45, 2.75) is 38.5 Å². The first-order valence-electron chi connectivity index (χ1n) is 9.37. The van der Waals surface area contributed by atoms with Crippen LogP contribution in [0.3, 0.4) is 0 Å². The Labute approximate surface area is 166 Å². The van der Waals surface area contributed by atoms with E-state index in [2.05, 4.69) is 30.7 Å². The van der Waals surface area contributed by atoms with Crippen molar-refractivity contribution in [1.82, 2.24) is 45.1 Å². The number of pyridine rings is 1. The Morgan fingerprint density at radius 2 is 2.14 bits per heavy atom. The zero-order chi connectivity index (χ0) is 20.2. The lowest BCUT2D eigenvalue weighted by Crippen LogP contribution is -2.46. The summed E-state index contributed by atoms with van der Waals surface area (Å²) in [6.45, 7) is 3.33. The second-order valence-electron chi connectivity index (χ2n) is 6.90. The van der Waals surface area contributed by atoms with E-state index in [4.69, 9.17) is 10.5 Å². The highest BCUT2D eigenvalue weighted by atomic mass is 16.5. The van der Waals surface area contributed by atoms with Gasteiger partial charge in [-0.05, 0) is 42.3 Å². The fourth-order valence-electron chi connectivity index (χ4n) is 3.17. The minimum absolute atomic E-state index is 0.00864. The molecular formula is C17H22N10O2.